The molecule has 0 aromatic carbocycles. The molecule has 2 rings (SSSR count). The minimum absolute atomic E-state index is 0.136. The van der Waals surface area contributed by atoms with Gasteiger partial charge in [0.25, 0.3) is 0 Å². The lowest BCUT2D eigenvalue weighted by atomic mass is 10.0. The van der Waals surface area contributed by atoms with Crippen LogP contribution in [0.5, 0.6) is 0 Å². The predicted molar refractivity (Wildman–Crippen MR) is 63.3 cm³/mol. The number of carbonyl (C=O) groups excluding carboxylic acids is 1. The van der Waals surface area contributed by atoms with E-state index in [1.807, 2.05) is 0 Å². The zero-order chi connectivity index (χ0) is 11.9. The van der Waals surface area contributed by atoms with E-state index in [0.717, 1.165) is 25.3 Å². The Balaban J connectivity index is 1.54. The van der Waals surface area contributed by atoms with Crippen LogP contribution in [0.3, 0.4) is 0 Å². The molecule has 1 atom stereocenters. The number of aromatic amines is 1. The van der Waals surface area contributed by atoms with Crippen LogP contribution in [-0.4, -0.2) is 40.7 Å². The first-order valence-corrected chi connectivity index (χ1v) is 6.16. The molecule has 17 heavy (non-hydrogen) atoms. The van der Waals surface area contributed by atoms with Crippen LogP contribution in [0.1, 0.15) is 25.1 Å². The molecule has 0 bridgehead atoms. The van der Waals surface area contributed by atoms with Crippen molar-refractivity contribution < 1.29 is 4.79 Å². The first kappa shape index (κ1) is 12.0. The maximum atomic E-state index is 11.6. The molecule has 2 heterocycles. The Labute approximate surface area is 101 Å². The average molecular weight is 237 g/mol. The molecule has 0 saturated carbocycles. The summed E-state index contributed by atoms with van der Waals surface area (Å²) in [6.45, 7) is 2.78. The van der Waals surface area contributed by atoms with Gasteiger partial charge in [-0.25, -0.2) is 4.98 Å². The van der Waals surface area contributed by atoms with Gasteiger partial charge in [-0.2, -0.15) is 5.10 Å². The molecule has 1 aliphatic rings. The van der Waals surface area contributed by atoms with E-state index in [4.69, 9.17) is 0 Å². The summed E-state index contributed by atoms with van der Waals surface area (Å²) in [5.74, 6) is 1.62. The molecule has 0 radical (unpaired) electrons. The Bertz CT molecular complexity index is 332. The Morgan fingerprint density at radius 1 is 1.59 bits per heavy atom. The van der Waals surface area contributed by atoms with Crippen LogP contribution in [0.15, 0.2) is 6.33 Å². The van der Waals surface area contributed by atoms with Crippen molar-refractivity contribution in [3.05, 3.63) is 12.2 Å². The van der Waals surface area contributed by atoms with Crippen LogP contribution >= 0.6 is 0 Å². The zero-order valence-electron chi connectivity index (χ0n) is 9.91. The summed E-state index contributed by atoms with van der Waals surface area (Å²) in [5.41, 5.74) is 0. The number of hydrogen-bond acceptors (Lipinski definition) is 4. The first-order chi connectivity index (χ1) is 8.34. The van der Waals surface area contributed by atoms with Crippen LogP contribution in [-0.2, 0) is 11.2 Å². The van der Waals surface area contributed by atoms with Crippen LogP contribution in [0.25, 0.3) is 0 Å². The molecule has 0 aliphatic carbocycles. The lowest BCUT2D eigenvalue weighted by Crippen LogP contribution is -2.26. The summed E-state index contributed by atoms with van der Waals surface area (Å²) in [5, 5.41) is 12.7. The quantitative estimate of drug-likeness (QED) is 0.643. The molecule has 1 fully saturated rings. The molecule has 0 spiro atoms. The Morgan fingerprint density at radius 2 is 2.53 bits per heavy atom. The molecule has 3 N–H and O–H groups in total. The molecule has 6 nitrogen and oxygen atoms in total. The van der Waals surface area contributed by atoms with E-state index < -0.39 is 0 Å². The number of aromatic nitrogens is 3. The van der Waals surface area contributed by atoms with Crippen LogP contribution in [0.4, 0.5) is 0 Å². The second kappa shape index (κ2) is 6.34. The summed E-state index contributed by atoms with van der Waals surface area (Å²) in [7, 11) is 0. The Kier molecular flexibility index (Phi) is 4.49. The Hall–Kier alpha value is -1.43. The van der Waals surface area contributed by atoms with Crippen molar-refractivity contribution in [3.8, 4) is 0 Å². The minimum atomic E-state index is 0.136. The van der Waals surface area contributed by atoms with Gasteiger partial charge in [0, 0.05) is 19.4 Å². The molecule has 94 valence electrons. The molecule has 1 unspecified atom stereocenters. The number of nitrogens with one attached hydrogen (secondary N) is 3. The molecular weight excluding hydrogens is 218 g/mol. The predicted octanol–water partition coefficient (Wildman–Crippen LogP) is -0.147. The molecule has 1 saturated heterocycles. The third-order valence-electron chi connectivity index (χ3n) is 3.09. The van der Waals surface area contributed by atoms with E-state index in [0.29, 0.717) is 25.3 Å². The highest BCUT2D eigenvalue weighted by molar-refractivity contribution is 5.75. The van der Waals surface area contributed by atoms with Crippen molar-refractivity contribution in [2.75, 3.05) is 19.6 Å². The average Bonchev–Trinajstić information content (AvgIpc) is 2.99. The van der Waals surface area contributed by atoms with Gasteiger partial charge in [-0.3, -0.25) is 9.89 Å². The summed E-state index contributed by atoms with van der Waals surface area (Å²) >= 11 is 0. The van der Waals surface area contributed by atoms with Gasteiger partial charge in [0.05, 0.1) is 0 Å². The van der Waals surface area contributed by atoms with Crippen LogP contribution in [0.2, 0.25) is 0 Å². The highest BCUT2D eigenvalue weighted by Gasteiger charge is 2.15. The van der Waals surface area contributed by atoms with E-state index in [1.165, 1.54) is 12.7 Å². The van der Waals surface area contributed by atoms with Gasteiger partial charge in [-0.1, -0.05) is 0 Å². The molecule has 1 aromatic heterocycles. The number of amides is 1. The smallest absolute Gasteiger partial charge is 0.220 e. The van der Waals surface area contributed by atoms with Gasteiger partial charge < -0.3 is 10.6 Å². The third-order valence-corrected chi connectivity index (χ3v) is 3.09. The summed E-state index contributed by atoms with van der Waals surface area (Å²) in [4.78, 5) is 15.5. The molecule has 1 amide bonds. The SMILES string of the molecule is O=C(CCC1CCNC1)NCCc1ncn[nH]1. The number of rotatable bonds is 6. The summed E-state index contributed by atoms with van der Waals surface area (Å²) in [6, 6.07) is 0. The fourth-order valence-electron chi connectivity index (χ4n) is 2.06. The van der Waals surface area contributed by atoms with Crippen molar-refractivity contribution in [2.45, 2.75) is 25.7 Å². The second-order valence-electron chi connectivity index (χ2n) is 4.43. The van der Waals surface area contributed by atoms with Gasteiger partial charge in [0.15, 0.2) is 0 Å². The number of nitrogens with zero attached hydrogens (tertiary/aromatic N) is 2. The summed E-state index contributed by atoms with van der Waals surface area (Å²) in [6.07, 6.45) is 5.00. The van der Waals surface area contributed by atoms with Crippen molar-refractivity contribution in [1.82, 2.24) is 25.8 Å². The van der Waals surface area contributed by atoms with E-state index in [1.54, 1.807) is 0 Å². The van der Waals surface area contributed by atoms with Crippen molar-refractivity contribution >= 4 is 5.91 Å². The maximum Gasteiger partial charge on any atom is 0.220 e. The van der Waals surface area contributed by atoms with E-state index in [9.17, 15) is 4.79 Å². The maximum absolute atomic E-state index is 11.6. The zero-order valence-corrected chi connectivity index (χ0v) is 9.91. The van der Waals surface area contributed by atoms with E-state index >= 15 is 0 Å². The lowest BCUT2D eigenvalue weighted by Gasteiger charge is -2.08. The summed E-state index contributed by atoms with van der Waals surface area (Å²) < 4.78 is 0. The van der Waals surface area contributed by atoms with Crippen LogP contribution < -0.4 is 10.6 Å². The molecular formula is C11H19N5O. The van der Waals surface area contributed by atoms with Crippen molar-refractivity contribution in [1.29, 1.82) is 0 Å². The van der Waals surface area contributed by atoms with Crippen molar-refractivity contribution in [3.63, 3.8) is 0 Å². The van der Waals surface area contributed by atoms with Gasteiger partial charge in [0.2, 0.25) is 5.91 Å². The van der Waals surface area contributed by atoms with Gasteiger partial charge >= 0.3 is 0 Å². The standard InChI is InChI=1S/C11H19N5O/c17-11(2-1-9-3-5-12-7-9)13-6-4-10-14-8-15-16-10/h8-9,12H,1-7H2,(H,13,17)(H,14,15,16). The third kappa shape index (κ3) is 4.14. The van der Waals surface area contributed by atoms with Gasteiger partial charge in [-0.05, 0) is 31.8 Å². The fraction of sp³-hybridized carbons (Fsp3) is 0.727. The van der Waals surface area contributed by atoms with Crippen LogP contribution in [0, 0.1) is 5.92 Å². The molecule has 1 aliphatic heterocycles. The fourth-order valence-corrected chi connectivity index (χ4v) is 2.06. The lowest BCUT2D eigenvalue weighted by molar-refractivity contribution is -0.121. The monoisotopic (exact) mass is 237 g/mol. The highest BCUT2D eigenvalue weighted by Crippen LogP contribution is 2.13. The first-order valence-electron chi connectivity index (χ1n) is 6.16. The number of carbonyl (C=O) groups is 1. The van der Waals surface area contributed by atoms with Gasteiger partial charge in [0.1, 0.15) is 12.2 Å². The number of H-pyrrole nitrogens is 1. The van der Waals surface area contributed by atoms with E-state index in [-0.39, 0.29) is 5.91 Å². The second-order valence-corrected chi connectivity index (χ2v) is 4.43. The van der Waals surface area contributed by atoms with E-state index in [2.05, 4.69) is 25.8 Å². The number of hydrogen-bond donors (Lipinski definition) is 3. The Morgan fingerprint density at radius 3 is 3.24 bits per heavy atom. The topological polar surface area (TPSA) is 82.7 Å². The molecule has 1 aromatic rings. The minimum Gasteiger partial charge on any atom is -0.356 e. The largest absolute Gasteiger partial charge is 0.356 e. The molecule has 6 heteroatoms. The highest BCUT2D eigenvalue weighted by atomic mass is 16.1. The van der Waals surface area contributed by atoms with Gasteiger partial charge in [-0.15, -0.1) is 0 Å². The normalized spacial score (nSPS) is 19.4. The van der Waals surface area contributed by atoms with Crippen molar-refractivity contribution in [2.24, 2.45) is 5.92 Å².